The highest BCUT2D eigenvalue weighted by molar-refractivity contribution is 6.08. The summed E-state index contributed by atoms with van der Waals surface area (Å²) in [6.45, 7) is 0.0191. The Balaban J connectivity index is 1.37. The Morgan fingerprint density at radius 3 is 2.54 bits per heavy atom. The number of nitrogens with one attached hydrogen (secondary N) is 1. The number of hydrogen-bond acceptors (Lipinski definition) is 5. The Morgan fingerprint density at radius 1 is 1.15 bits per heavy atom. The van der Waals surface area contributed by atoms with Gasteiger partial charge in [-0.2, -0.15) is 0 Å². The molecule has 0 bridgehead atoms. The molecule has 1 saturated carbocycles. The van der Waals surface area contributed by atoms with E-state index < -0.39 is 17.5 Å². The first-order valence-electron chi connectivity index (χ1n) is 8.68. The van der Waals surface area contributed by atoms with Crippen molar-refractivity contribution in [3.05, 3.63) is 30.1 Å². The molecule has 3 amide bonds. The number of nitrogens with zero attached hydrogens (tertiary/aromatic N) is 1. The molecule has 1 spiro atoms. The number of amides is 3. The largest absolute Gasteiger partial charge is 0.493 e. The van der Waals surface area contributed by atoms with Gasteiger partial charge in [0, 0.05) is 6.42 Å². The second kappa shape index (κ2) is 7.72. The van der Waals surface area contributed by atoms with Crippen LogP contribution in [0.15, 0.2) is 24.3 Å². The van der Waals surface area contributed by atoms with Crippen molar-refractivity contribution in [3.8, 4) is 5.75 Å². The summed E-state index contributed by atoms with van der Waals surface area (Å²) in [5, 5.41) is 2.72. The lowest BCUT2D eigenvalue weighted by Crippen LogP contribution is -2.44. The van der Waals surface area contributed by atoms with Crippen molar-refractivity contribution in [3.63, 3.8) is 0 Å². The fourth-order valence-electron chi connectivity index (χ4n) is 3.28. The van der Waals surface area contributed by atoms with Gasteiger partial charge in [-0.25, -0.2) is 9.18 Å². The highest BCUT2D eigenvalue weighted by atomic mass is 19.1. The summed E-state index contributed by atoms with van der Waals surface area (Å²) < 4.78 is 23.2. The molecule has 0 unspecified atom stereocenters. The number of halogens is 1. The van der Waals surface area contributed by atoms with E-state index in [1.165, 1.54) is 24.3 Å². The molecule has 140 valence electrons. The van der Waals surface area contributed by atoms with E-state index in [0.29, 0.717) is 31.6 Å². The van der Waals surface area contributed by atoms with Crippen LogP contribution in [0.25, 0.3) is 0 Å². The van der Waals surface area contributed by atoms with Crippen molar-refractivity contribution in [1.29, 1.82) is 0 Å². The first kappa shape index (κ1) is 18.2. The summed E-state index contributed by atoms with van der Waals surface area (Å²) in [6.07, 6.45) is 3.44. The zero-order chi connectivity index (χ0) is 18.6. The fraction of sp³-hybridized carbons (Fsp3) is 0.500. The van der Waals surface area contributed by atoms with Crippen molar-refractivity contribution in [2.24, 2.45) is 0 Å². The van der Waals surface area contributed by atoms with Crippen LogP contribution in [0.3, 0.4) is 0 Å². The van der Waals surface area contributed by atoms with Gasteiger partial charge in [-0.1, -0.05) is 12.8 Å². The average Bonchev–Trinajstić information content (AvgIpc) is 3.17. The fourth-order valence-corrected chi connectivity index (χ4v) is 3.28. The summed E-state index contributed by atoms with van der Waals surface area (Å²) in [7, 11) is 0. The molecular formula is C18H21FN2O5. The highest BCUT2D eigenvalue weighted by Crippen LogP contribution is 2.34. The van der Waals surface area contributed by atoms with E-state index in [0.717, 1.165) is 17.7 Å². The molecule has 1 aliphatic heterocycles. The van der Waals surface area contributed by atoms with E-state index in [4.69, 9.17) is 9.47 Å². The molecule has 1 aliphatic carbocycles. The van der Waals surface area contributed by atoms with E-state index in [-0.39, 0.29) is 24.9 Å². The van der Waals surface area contributed by atoms with E-state index in [1.807, 2.05) is 0 Å². The lowest BCUT2D eigenvalue weighted by atomic mass is 9.98. The van der Waals surface area contributed by atoms with Crippen LogP contribution in [-0.4, -0.2) is 48.1 Å². The lowest BCUT2D eigenvalue weighted by Gasteiger charge is -2.19. The van der Waals surface area contributed by atoms with Gasteiger partial charge in [0.05, 0.1) is 13.2 Å². The summed E-state index contributed by atoms with van der Waals surface area (Å²) >= 11 is 0. The molecule has 1 aromatic rings. The van der Waals surface area contributed by atoms with Gasteiger partial charge in [-0.3, -0.25) is 14.5 Å². The van der Waals surface area contributed by atoms with Gasteiger partial charge in [0.1, 0.15) is 23.7 Å². The molecule has 0 atom stereocenters. The number of hydrogen-bond donors (Lipinski definition) is 1. The Hall–Kier alpha value is -2.64. The molecule has 1 heterocycles. The van der Waals surface area contributed by atoms with Crippen molar-refractivity contribution in [1.82, 2.24) is 10.2 Å². The minimum absolute atomic E-state index is 0.106. The lowest BCUT2D eigenvalue weighted by molar-refractivity contribution is -0.148. The molecule has 0 aromatic heterocycles. The SMILES string of the molecule is O=C(CN1C(=O)NC2(CCCC2)C1=O)OCCCOc1ccc(F)cc1. The van der Waals surface area contributed by atoms with Crippen LogP contribution in [0, 0.1) is 5.82 Å². The summed E-state index contributed by atoms with van der Waals surface area (Å²) in [4.78, 5) is 37.2. The smallest absolute Gasteiger partial charge is 0.326 e. The van der Waals surface area contributed by atoms with Crippen LogP contribution in [0.1, 0.15) is 32.1 Å². The monoisotopic (exact) mass is 364 g/mol. The third kappa shape index (κ3) is 3.95. The predicted molar refractivity (Wildman–Crippen MR) is 88.9 cm³/mol. The molecule has 1 saturated heterocycles. The predicted octanol–water partition coefficient (Wildman–Crippen LogP) is 2.00. The Kier molecular flexibility index (Phi) is 5.39. The molecule has 2 aliphatic rings. The Bertz CT molecular complexity index is 685. The average molecular weight is 364 g/mol. The number of carbonyl (C=O) groups is 3. The Labute approximate surface area is 150 Å². The molecule has 1 N–H and O–H groups in total. The van der Waals surface area contributed by atoms with E-state index >= 15 is 0 Å². The number of benzene rings is 1. The third-order valence-corrected chi connectivity index (χ3v) is 4.62. The van der Waals surface area contributed by atoms with Gasteiger partial charge < -0.3 is 14.8 Å². The van der Waals surface area contributed by atoms with Crippen LogP contribution in [0.4, 0.5) is 9.18 Å². The molecule has 0 radical (unpaired) electrons. The second-order valence-corrected chi connectivity index (χ2v) is 6.49. The number of carbonyl (C=O) groups excluding carboxylic acids is 3. The van der Waals surface area contributed by atoms with Crippen molar-refractivity contribution in [2.45, 2.75) is 37.6 Å². The molecular weight excluding hydrogens is 343 g/mol. The molecule has 2 fully saturated rings. The van der Waals surface area contributed by atoms with Crippen molar-refractivity contribution < 1.29 is 28.2 Å². The van der Waals surface area contributed by atoms with Gasteiger partial charge in [-0.05, 0) is 37.1 Å². The van der Waals surface area contributed by atoms with Crippen LogP contribution in [0.5, 0.6) is 5.75 Å². The molecule has 7 nitrogen and oxygen atoms in total. The minimum Gasteiger partial charge on any atom is -0.493 e. The quantitative estimate of drug-likeness (QED) is 0.454. The molecule has 8 heteroatoms. The first-order chi connectivity index (χ1) is 12.5. The number of imide groups is 1. The van der Waals surface area contributed by atoms with Gasteiger partial charge in [0.2, 0.25) is 0 Å². The van der Waals surface area contributed by atoms with Crippen molar-refractivity contribution >= 4 is 17.9 Å². The number of urea groups is 1. The standard InChI is InChI=1S/C18H21FN2O5/c19-13-4-6-14(7-5-13)25-10-3-11-26-15(22)12-21-16(23)18(20-17(21)24)8-1-2-9-18/h4-7H,1-3,8-12H2,(H,20,24). The number of esters is 1. The maximum Gasteiger partial charge on any atom is 0.326 e. The number of rotatable bonds is 7. The van der Waals surface area contributed by atoms with Gasteiger partial charge in [-0.15, -0.1) is 0 Å². The van der Waals surface area contributed by atoms with Crippen LogP contribution >= 0.6 is 0 Å². The van der Waals surface area contributed by atoms with E-state index in [2.05, 4.69) is 5.32 Å². The van der Waals surface area contributed by atoms with Gasteiger partial charge in [0.15, 0.2) is 0 Å². The van der Waals surface area contributed by atoms with Crippen LogP contribution < -0.4 is 10.1 Å². The molecule has 3 rings (SSSR count). The normalized spacial score (nSPS) is 18.3. The summed E-state index contributed by atoms with van der Waals surface area (Å²) in [6, 6.07) is 5.08. The van der Waals surface area contributed by atoms with Gasteiger partial charge in [0.25, 0.3) is 5.91 Å². The zero-order valence-electron chi connectivity index (χ0n) is 14.3. The first-order valence-corrected chi connectivity index (χ1v) is 8.68. The summed E-state index contributed by atoms with van der Waals surface area (Å²) in [5.74, 6) is -0.785. The maximum absolute atomic E-state index is 12.8. The van der Waals surface area contributed by atoms with Crippen molar-refractivity contribution in [2.75, 3.05) is 19.8 Å². The minimum atomic E-state index is -0.819. The Morgan fingerprint density at radius 2 is 1.85 bits per heavy atom. The highest BCUT2D eigenvalue weighted by Gasteiger charge is 2.52. The zero-order valence-corrected chi connectivity index (χ0v) is 14.3. The van der Waals surface area contributed by atoms with Gasteiger partial charge >= 0.3 is 12.0 Å². The number of ether oxygens (including phenoxy) is 2. The maximum atomic E-state index is 12.8. The topological polar surface area (TPSA) is 84.9 Å². The molecule has 1 aromatic carbocycles. The van der Waals surface area contributed by atoms with E-state index in [9.17, 15) is 18.8 Å². The summed E-state index contributed by atoms with van der Waals surface area (Å²) in [5.41, 5.74) is -0.819. The molecule has 26 heavy (non-hydrogen) atoms. The second-order valence-electron chi connectivity index (χ2n) is 6.49. The van der Waals surface area contributed by atoms with Crippen LogP contribution in [0.2, 0.25) is 0 Å². The third-order valence-electron chi connectivity index (χ3n) is 4.62. The van der Waals surface area contributed by atoms with Crippen LogP contribution in [-0.2, 0) is 14.3 Å². The van der Waals surface area contributed by atoms with E-state index in [1.54, 1.807) is 0 Å².